The van der Waals surface area contributed by atoms with Gasteiger partial charge in [-0.05, 0) is 60.4 Å². The lowest BCUT2D eigenvalue weighted by molar-refractivity contribution is -0.200. The first-order chi connectivity index (χ1) is 14.4. The normalized spacial score (nSPS) is 26.5. The summed E-state index contributed by atoms with van der Waals surface area (Å²) >= 11 is 7.87. The van der Waals surface area contributed by atoms with Gasteiger partial charge >= 0.3 is 0 Å². The van der Waals surface area contributed by atoms with Crippen molar-refractivity contribution in [2.24, 2.45) is 0 Å². The van der Waals surface area contributed by atoms with Gasteiger partial charge in [-0.25, -0.2) is 0 Å². The highest BCUT2D eigenvalue weighted by Crippen LogP contribution is 2.38. The molecule has 2 aromatic carbocycles. The molecule has 1 aliphatic rings. The van der Waals surface area contributed by atoms with E-state index in [-0.39, 0.29) is 0 Å². The first-order valence-electron chi connectivity index (χ1n) is 10.3. The fraction of sp³-hybridized carbons (Fsp3) is 0.478. The molecule has 0 amide bonds. The van der Waals surface area contributed by atoms with Crippen molar-refractivity contribution in [2.75, 3.05) is 12.4 Å². The summed E-state index contributed by atoms with van der Waals surface area (Å²) in [6, 6.07) is 13.3. The van der Waals surface area contributed by atoms with Gasteiger partial charge in [0, 0.05) is 5.02 Å². The molecular weight excluding hydrogens is 424 g/mol. The van der Waals surface area contributed by atoms with Gasteiger partial charge in [0.25, 0.3) is 0 Å². The summed E-state index contributed by atoms with van der Waals surface area (Å²) in [5.74, 6) is 1.61. The Kier molecular flexibility index (Phi) is 8.45. The van der Waals surface area contributed by atoms with Crippen molar-refractivity contribution in [3.05, 3.63) is 64.2 Å². The van der Waals surface area contributed by atoms with Gasteiger partial charge in [0.05, 0.1) is 6.61 Å². The molecule has 1 heterocycles. The molecule has 1 fully saturated rings. The first-order valence-corrected chi connectivity index (χ1v) is 11.7. The average molecular weight is 453 g/mol. The van der Waals surface area contributed by atoms with Crippen LogP contribution in [0.2, 0.25) is 5.02 Å². The number of rotatable bonds is 8. The zero-order chi connectivity index (χ0) is 21.7. The number of aliphatic hydroxyl groups excluding tert-OH is 3. The van der Waals surface area contributed by atoms with E-state index in [1.54, 1.807) is 12.1 Å². The minimum Gasteiger partial charge on any atom is -0.494 e. The molecule has 1 aliphatic heterocycles. The Bertz CT molecular complexity index is 816. The molecule has 1 saturated heterocycles. The van der Waals surface area contributed by atoms with Crippen LogP contribution in [0, 0.1) is 0 Å². The summed E-state index contributed by atoms with van der Waals surface area (Å²) in [5.41, 5.74) is 2.10. The van der Waals surface area contributed by atoms with Gasteiger partial charge in [-0.3, -0.25) is 0 Å². The van der Waals surface area contributed by atoms with E-state index in [4.69, 9.17) is 21.1 Å². The van der Waals surface area contributed by atoms with Gasteiger partial charge < -0.3 is 24.8 Å². The maximum absolute atomic E-state index is 10.5. The van der Waals surface area contributed by atoms with Crippen LogP contribution in [0.15, 0.2) is 42.5 Å². The summed E-state index contributed by atoms with van der Waals surface area (Å²) in [7, 11) is 0. The smallest absolute Gasteiger partial charge is 0.132 e. The first kappa shape index (κ1) is 23.4. The van der Waals surface area contributed by atoms with Crippen molar-refractivity contribution >= 4 is 23.4 Å². The molecule has 0 spiro atoms. The molecule has 0 bridgehead atoms. The van der Waals surface area contributed by atoms with E-state index >= 15 is 0 Å². The molecule has 5 unspecified atom stereocenters. The van der Waals surface area contributed by atoms with E-state index in [0.29, 0.717) is 18.1 Å². The van der Waals surface area contributed by atoms with Crippen LogP contribution in [0.5, 0.6) is 5.75 Å². The van der Waals surface area contributed by atoms with Gasteiger partial charge in [0.2, 0.25) is 0 Å². The number of hydrogen-bond acceptors (Lipinski definition) is 6. The van der Waals surface area contributed by atoms with Crippen molar-refractivity contribution in [3.8, 4) is 5.75 Å². The van der Waals surface area contributed by atoms with Gasteiger partial charge in [-0.1, -0.05) is 42.8 Å². The third kappa shape index (κ3) is 5.49. The minimum absolute atomic E-state index is 0.599. The predicted molar refractivity (Wildman–Crippen MR) is 120 cm³/mol. The van der Waals surface area contributed by atoms with Crippen molar-refractivity contribution in [2.45, 2.75) is 56.5 Å². The molecular formula is C23H29ClO5S. The van der Waals surface area contributed by atoms with Gasteiger partial charge in [-0.2, -0.15) is 0 Å². The third-order valence-corrected chi connectivity index (χ3v) is 6.81. The average Bonchev–Trinajstić information content (AvgIpc) is 2.75. The quantitative estimate of drug-likeness (QED) is 0.562. The lowest BCUT2D eigenvalue weighted by Crippen LogP contribution is -2.53. The predicted octanol–water partition coefficient (Wildman–Crippen LogP) is 3.95. The fourth-order valence-corrected chi connectivity index (χ4v) is 4.70. The zero-order valence-corrected chi connectivity index (χ0v) is 18.8. The van der Waals surface area contributed by atoms with Crippen LogP contribution in [0.4, 0.5) is 0 Å². The molecule has 30 heavy (non-hydrogen) atoms. The molecule has 0 radical (unpaired) electrons. The van der Waals surface area contributed by atoms with Crippen LogP contribution in [0.25, 0.3) is 0 Å². The summed E-state index contributed by atoms with van der Waals surface area (Å²) in [4.78, 5) is 0. The molecule has 3 N–H and O–H groups in total. The van der Waals surface area contributed by atoms with Crippen LogP contribution in [-0.4, -0.2) is 51.4 Å². The Labute approximate surface area is 187 Å². The van der Waals surface area contributed by atoms with Crippen LogP contribution in [0.3, 0.4) is 0 Å². The molecule has 164 valence electrons. The number of aliphatic hydroxyl groups is 3. The SMILES string of the molecule is CCCSC1OC(c2ccc(Cl)c(Cc3ccc(OCC)cc3)c2)C(O)C(O)C1O. The second kappa shape index (κ2) is 10.8. The number of thioether (sulfide) groups is 1. The van der Waals surface area contributed by atoms with Crippen molar-refractivity contribution in [1.29, 1.82) is 0 Å². The molecule has 3 rings (SSSR count). The second-order valence-electron chi connectivity index (χ2n) is 7.37. The Hall–Kier alpha value is -1.28. The van der Waals surface area contributed by atoms with E-state index in [0.717, 1.165) is 34.6 Å². The van der Waals surface area contributed by atoms with Crippen LogP contribution < -0.4 is 4.74 Å². The highest BCUT2D eigenvalue weighted by molar-refractivity contribution is 7.99. The maximum Gasteiger partial charge on any atom is 0.132 e. The summed E-state index contributed by atoms with van der Waals surface area (Å²) in [6.07, 6.45) is -2.84. The lowest BCUT2D eigenvalue weighted by atomic mass is 9.92. The van der Waals surface area contributed by atoms with Gasteiger partial charge in [0.1, 0.15) is 35.6 Å². The van der Waals surface area contributed by atoms with E-state index in [9.17, 15) is 15.3 Å². The zero-order valence-electron chi connectivity index (χ0n) is 17.2. The summed E-state index contributed by atoms with van der Waals surface area (Å²) in [6.45, 7) is 4.61. The molecule has 5 nitrogen and oxygen atoms in total. The number of hydrogen-bond donors (Lipinski definition) is 3. The van der Waals surface area contributed by atoms with Crippen LogP contribution in [-0.2, 0) is 11.2 Å². The number of benzene rings is 2. The Balaban J connectivity index is 1.80. The minimum atomic E-state index is -1.27. The number of halogens is 1. The highest BCUT2D eigenvalue weighted by atomic mass is 35.5. The molecule has 0 aliphatic carbocycles. The van der Waals surface area contributed by atoms with Crippen LogP contribution in [0.1, 0.15) is 43.1 Å². The van der Waals surface area contributed by atoms with E-state index in [1.165, 1.54) is 11.8 Å². The van der Waals surface area contributed by atoms with Gasteiger partial charge in [-0.15, -0.1) is 11.8 Å². The molecule has 2 aromatic rings. The lowest BCUT2D eigenvalue weighted by Gasteiger charge is -2.40. The maximum atomic E-state index is 10.5. The topological polar surface area (TPSA) is 79.2 Å². The van der Waals surface area contributed by atoms with E-state index in [1.807, 2.05) is 44.2 Å². The Morgan fingerprint density at radius 2 is 1.73 bits per heavy atom. The standard InChI is InChI=1S/C23H29ClO5S/c1-3-11-30-23-21(27)19(25)20(26)22(29-23)15-7-10-18(24)16(13-15)12-14-5-8-17(9-6-14)28-4-2/h5-10,13,19-23,25-27H,3-4,11-12H2,1-2H3. The van der Waals surface area contributed by atoms with E-state index < -0.39 is 29.9 Å². The number of ether oxygens (including phenoxy) is 2. The Morgan fingerprint density at radius 3 is 2.40 bits per heavy atom. The largest absolute Gasteiger partial charge is 0.494 e. The second-order valence-corrected chi connectivity index (χ2v) is 8.99. The van der Waals surface area contributed by atoms with Crippen molar-refractivity contribution < 1.29 is 24.8 Å². The molecule has 0 saturated carbocycles. The van der Waals surface area contributed by atoms with E-state index in [2.05, 4.69) is 0 Å². The van der Waals surface area contributed by atoms with Crippen molar-refractivity contribution in [1.82, 2.24) is 0 Å². The van der Waals surface area contributed by atoms with Crippen LogP contribution >= 0.6 is 23.4 Å². The highest BCUT2D eigenvalue weighted by Gasteiger charge is 2.44. The van der Waals surface area contributed by atoms with Crippen molar-refractivity contribution in [3.63, 3.8) is 0 Å². The summed E-state index contributed by atoms with van der Waals surface area (Å²) in [5, 5.41) is 31.8. The third-order valence-electron chi connectivity index (χ3n) is 5.08. The summed E-state index contributed by atoms with van der Waals surface area (Å²) < 4.78 is 11.5. The monoisotopic (exact) mass is 452 g/mol. The Morgan fingerprint density at radius 1 is 1.00 bits per heavy atom. The van der Waals surface area contributed by atoms with Gasteiger partial charge in [0.15, 0.2) is 0 Å². The molecule has 0 aromatic heterocycles. The molecule has 5 atom stereocenters. The molecule has 7 heteroatoms. The fourth-order valence-electron chi connectivity index (χ4n) is 3.49.